The second-order valence-electron chi connectivity index (χ2n) is 5.69. The minimum absolute atomic E-state index is 0. The summed E-state index contributed by atoms with van der Waals surface area (Å²) in [7, 11) is 1.52. The van der Waals surface area contributed by atoms with E-state index in [1.54, 1.807) is 13.0 Å². The molecule has 1 fully saturated rings. The number of nitrogens with zero attached hydrogens (tertiary/aromatic N) is 2. The Morgan fingerprint density at radius 2 is 2.07 bits per heavy atom. The van der Waals surface area contributed by atoms with E-state index in [2.05, 4.69) is 20.9 Å². The molecule has 0 spiro atoms. The van der Waals surface area contributed by atoms with Gasteiger partial charge in [-0.3, -0.25) is 14.7 Å². The zero-order valence-corrected chi connectivity index (χ0v) is 17.1. The van der Waals surface area contributed by atoms with Crippen LogP contribution in [-0.4, -0.2) is 49.5 Å². The Bertz CT molecular complexity index is 696. The van der Waals surface area contributed by atoms with Gasteiger partial charge in [0.25, 0.3) is 0 Å². The lowest BCUT2D eigenvalue weighted by atomic mass is 10.1. The minimum atomic E-state index is -4.40. The third kappa shape index (κ3) is 6.26. The number of hydrogen-bond acceptors (Lipinski definition) is 3. The SMILES string of the molecule is CN=C(NCCN1C(=O)CNC1=O)NC(C)c1cccc(C(F)(F)F)c1.I. The minimum Gasteiger partial charge on any atom is -0.355 e. The number of aliphatic imine (C=N–C) groups is 1. The number of urea groups is 1. The number of imide groups is 1. The molecule has 1 aliphatic rings. The Labute approximate surface area is 171 Å². The van der Waals surface area contributed by atoms with Crippen molar-refractivity contribution in [2.45, 2.75) is 19.1 Å². The van der Waals surface area contributed by atoms with Crippen molar-refractivity contribution >= 4 is 41.9 Å². The normalized spacial score (nSPS) is 15.9. The summed E-state index contributed by atoms with van der Waals surface area (Å²) in [6.45, 7) is 2.11. The molecule has 0 radical (unpaired) electrons. The fourth-order valence-corrected chi connectivity index (χ4v) is 2.44. The van der Waals surface area contributed by atoms with Crippen molar-refractivity contribution in [1.29, 1.82) is 0 Å². The third-order valence-electron chi connectivity index (χ3n) is 3.86. The molecule has 11 heteroatoms. The van der Waals surface area contributed by atoms with Crippen molar-refractivity contribution in [2.75, 3.05) is 26.7 Å². The zero-order chi connectivity index (χ0) is 19.3. The van der Waals surface area contributed by atoms with Crippen LogP contribution in [-0.2, 0) is 11.0 Å². The first kappa shape index (κ1) is 23.0. The van der Waals surface area contributed by atoms with Gasteiger partial charge in [0.1, 0.15) is 0 Å². The van der Waals surface area contributed by atoms with Crippen LogP contribution in [0.1, 0.15) is 24.1 Å². The maximum atomic E-state index is 12.8. The van der Waals surface area contributed by atoms with Gasteiger partial charge in [-0.15, -0.1) is 24.0 Å². The molecular formula is C16H21F3IN5O2. The molecule has 3 amide bonds. The van der Waals surface area contributed by atoms with E-state index in [1.807, 2.05) is 0 Å². The molecule has 0 saturated carbocycles. The van der Waals surface area contributed by atoms with Gasteiger partial charge >= 0.3 is 12.2 Å². The van der Waals surface area contributed by atoms with E-state index in [4.69, 9.17) is 0 Å². The van der Waals surface area contributed by atoms with Crippen LogP contribution in [0.15, 0.2) is 29.3 Å². The van der Waals surface area contributed by atoms with E-state index >= 15 is 0 Å². The lowest BCUT2D eigenvalue weighted by Gasteiger charge is -2.20. The Kier molecular flexibility index (Phi) is 8.31. The van der Waals surface area contributed by atoms with Gasteiger partial charge in [0, 0.05) is 20.1 Å². The molecular weight excluding hydrogens is 478 g/mol. The number of alkyl halides is 3. The molecule has 150 valence electrons. The first-order chi connectivity index (χ1) is 12.2. The number of nitrogens with one attached hydrogen (secondary N) is 3. The summed E-state index contributed by atoms with van der Waals surface area (Å²) in [6, 6.07) is 4.16. The molecule has 1 saturated heterocycles. The van der Waals surface area contributed by atoms with Crippen LogP contribution in [0.4, 0.5) is 18.0 Å². The average Bonchev–Trinajstić information content (AvgIpc) is 2.92. The molecule has 27 heavy (non-hydrogen) atoms. The second-order valence-corrected chi connectivity index (χ2v) is 5.69. The topological polar surface area (TPSA) is 85.8 Å². The van der Waals surface area contributed by atoms with Crippen LogP contribution in [0.25, 0.3) is 0 Å². The van der Waals surface area contributed by atoms with Gasteiger partial charge in [-0.2, -0.15) is 13.2 Å². The van der Waals surface area contributed by atoms with Crippen LogP contribution in [0.3, 0.4) is 0 Å². The Morgan fingerprint density at radius 3 is 2.63 bits per heavy atom. The van der Waals surface area contributed by atoms with Gasteiger partial charge in [0.05, 0.1) is 18.2 Å². The summed E-state index contributed by atoms with van der Waals surface area (Å²) in [5.74, 6) is 0.0408. The Morgan fingerprint density at radius 1 is 1.37 bits per heavy atom. The van der Waals surface area contributed by atoms with E-state index in [-0.39, 0.29) is 49.5 Å². The number of halogens is 4. The first-order valence-corrected chi connectivity index (χ1v) is 7.95. The van der Waals surface area contributed by atoms with Gasteiger partial charge in [0.15, 0.2) is 5.96 Å². The zero-order valence-electron chi connectivity index (χ0n) is 14.8. The fourth-order valence-electron chi connectivity index (χ4n) is 2.44. The molecule has 1 heterocycles. The van der Waals surface area contributed by atoms with Crippen LogP contribution < -0.4 is 16.0 Å². The van der Waals surface area contributed by atoms with Gasteiger partial charge in [-0.05, 0) is 24.6 Å². The highest BCUT2D eigenvalue weighted by Gasteiger charge is 2.31. The van der Waals surface area contributed by atoms with Gasteiger partial charge < -0.3 is 16.0 Å². The number of hydrogen-bond donors (Lipinski definition) is 3. The number of guanidine groups is 1. The molecule has 0 bridgehead atoms. The van der Waals surface area contributed by atoms with E-state index in [9.17, 15) is 22.8 Å². The van der Waals surface area contributed by atoms with E-state index < -0.39 is 23.8 Å². The molecule has 2 rings (SSSR count). The number of benzene rings is 1. The van der Waals surface area contributed by atoms with Crippen molar-refractivity contribution in [1.82, 2.24) is 20.9 Å². The predicted octanol–water partition coefficient (Wildman–Crippen LogP) is 2.10. The quantitative estimate of drug-likeness (QED) is 0.251. The molecule has 7 nitrogen and oxygen atoms in total. The lowest BCUT2D eigenvalue weighted by Crippen LogP contribution is -2.43. The van der Waals surface area contributed by atoms with Crippen LogP contribution in [0.2, 0.25) is 0 Å². The molecule has 1 aromatic carbocycles. The molecule has 1 aliphatic heterocycles. The van der Waals surface area contributed by atoms with E-state index in [1.165, 1.54) is 13.1 Å². The number of rotatable bonds is 5. The standard InChI is InChI=1S/C16H20F3N5O2.HI/c1-10(11-4-3-5-12(8-11)16(17,18)19)23-14(20-2)21-6-7-24-13(25)9-22-15(24)26;/h3-5,8,10H,6-7,9H2,1-2H3,(H,22,26)(H2,20,21,23);1H. The van der Waals surface area contributed by atoms with Crippen LogP contribution in [0, 0.1) is 0 Å². The summed E-state index contributed by atoms with van der Waals surface area (Å²) < 4.78 is 38.4. The highest BCUT2D eigenvalue weighted by atomic mass is 127. The lowest BCUT2D eigenvalue weighted by molar-refractivity contribution is -0.137. The highest BCUT2D eigenvalue weighted by Crippen LogP contribution is 2.30. The Balaban J connectivity index is 0.00000364. The third-order valence-corrected chi connectivity index (χ3v) is 3.86. The maximum absolute atomic E-state index is 12.8. The summed E-state index contributed by atoms with van der Waals surface area (Å²) in [4.78, 5) is 28.0. The molecule has 0 aliphatic carbocycles. The van der Waals surface area contributed by atoms with Crippen molar-refractivity contribution in [3.8, 4) is 0 Å². The smallest absolute Gasteiger partial charge is 0.355 e. The first-order valence-electron chi connectivity index (χ1n) is 7.95. The van der Waals surface area contributed by atoms with E-state index in [0.29, 0.717) is 11.5 Å². The number of carbonyl (C=O) groups excluding carboxylic acids is 2. The summed E-state index contributed by atoms with van der Waals surface area (Å²) in [5.41, 5.74) is -0.262. The fraction of sp³-hybridized carbons (Fsp3) is 0.438. The van der Waals surface area contributed by atoms with Crippen molar-refractivity contribution in [3.63, 3.8) is 0 Å². The average molecular weight is 499 g/mol. The van der Waals surface area contributed by atoms with Gasteiger partial charge in [-0.1, -0.05) is 12.1 Å². The maximum Gasteiger partial charge on any atom is 0.416 e. The van der Waals surface area contributed by atoms with Gasteiger partial charge in [-0.25, -0.2) is 4.79 Å². The molecule has 3 N–H and O–H groups in total. The van der Waals surface area contributed by atoms with Crippen molar-refractivity contribution < 1.29 is 22.8 Å². The summed E-state index contributed by atoms with van der Waals surface area (Å²) in [6.07, 6.45) is -4.40. The Hall–Kier alpha value is -2.05. The highest BCUT2D eigenvalue weighted by molar-refractivity contribution is 14.0. The van der Waals surface area contributed by atoms with Gasteiger partial charge in [0.2, 0.25) is 5.91 Å². The predicted molar refractivity (Wildman–Crippen MR) is 105 cm³/mol. The monoisotopic (exact) mass is 499 g/mol. The molecule has 1 atom stereocenters. The number of amides is 3. The van der Waals surface area contributed by atoms with E-state index in [0.717, 1.165) is 17.0 Å². The molecule has 1 unspecified atom stereocenters. The molecule has 0 aromatic heterocycles. The summed E-state index contributed by atoms with van der Waals surface area (Å²) >= 11 is 0. The number of carbonyl (C=O) groups is 2. The summed E-state index contributed by atoms with van der Waals surface area (Å²) in [5, 5.41) is 8.32. The van der Waals surface area contributed by atoms with Crippen LogP contribution in [0.5, 0.6) is 0 Å². The van der Waals surface area contributed by atoms with Crippen molar-refractivity contribution in [2.24, 2.45) is 4.99 Å². The largest absolute Gasteiger partial charge is 0.416 e. The molecule has 1 aromatic rings. The second kappa shape index (κ2) is 9.76. The van der Waals surface area contributed by atoms with Crippen molar-refractivity contribution in [3.05, 3.63) is 35.4 Å². The van der Waals surface area contributed by atoms with Crippen LogP contribution >= 0.6 is 24.0 Å².